The fourth-order valence-electron chi connectivity index (χ4n) is 4.02. The van der Waals surface area contributed by atoms with E-state index in [1.807, 2.05) is 12.1 Å². The number of furan rings is 2. The van der Waals surface area contributed by atoms with Gasteiger partial charge in [0, 0.05) is 17.1 Å². The highest BCUT2D eigenvalue weighted by atomic mass is 16.5. The van der Waals surface area contributed by atoms with Crippen LogP contribution < -0.4 is 14.4 Å². The minimum Gasteiger partial charge on any atom is -0.503 e. The first-order valence-electron chi connectivity index (χ1n) is 10.1. The van der Waals surface area contributed by atoms with Crippen molar-refractivity contribution >= 4 is 28.3 Å². The van der Waals surface area contributed by atoms with E-state index in [4.69, 9.17) is 18.3 Å². The number of amides is 1. The molecule has 0 bridgehead atoms. The first-order chi connectivity index (χ1) is 16.0. The molecular formula is C25H19NO7. The van der Waals surface area contributed by atoms with Gasteiger partial charge in [0.25, 0.3) is 5.91 Å². The van der Waals surface area contributed by atoms with Gasteiger partial charge in [-0.05, 0) is 36.4 Å². The molecule has 0 spiro atoms. The van der Waals surface area contributed by atoms with Crippen molar-refractivity contribution in [2.45, 2.75) is 6.04 Å². The number of aliphatic hydroxyl groups excluding tert-OH is 1. The topological polar surface area (TPSA) is 102 Å². The number of carbonyl (C=O) groups excluding carboxylic acids is 2. The number of ketones is 1. The van der Waals surface area contributed by atoms with Crippen LogP contribution in [0.2, 0.25) is 0 Å². The maximum absolute atomic E-state index is 13.5. The Morgan fingerprint density at radius 1 is 1.00 bits per heavy atom. The molecule has 2 aromatic heterocycles. The van der Waals surface area contributed by atoms with Gasteiger partial charge in [0.1, 0.15) is 17.4 Å². The van der Waals surface area contributed by atoms with E-state index in [1.165, 1.54) is 25.4 Å². The Hall–Kier alpha value is -4.46. The predicted molar refractivity (Wildman–Crippen MR) is 119 cm³/mol. The van der Waals surface area contributed by atoms with E-state index >= 15 is 0 Å². The van der Waals surface area contributed by atoms with Crippen LogP contribution in [0.1, 0.15) is 22.4 Å². The van der Waals surface area contributed by atoms with Crippen molar-refractivity contribution in [2.75, 3.05) is 19.1 Å². The molecular weight excluding hydrogens is 426 g/mol. The van der Waals surface area contributed by atoms with Gasteiger partial charge in [-0.15, -0.1) is 0 Å². The normalized spacial score (nSPS) is 16.0. The molecule has 1 N–H and O–H groups in total. The number of para-hydroxylation sites is 1. The summed E-state index contributed by atoms with van der Waals surface area (Å²) in [4.78, 5) is 28.0. The molecule has 1 unspecified atom stereocenters. The Morgan fingerprint density at radius 2 is 1.79 bits per heavy atom. The van der Waals surface area contributed by atoms with E-state index in [2.05, 4.69) is 0 Å². The van der Waals surface area contributed by atoms with E-state index < -0.39 is 23.5 Å². The third kappa shape index (κ3) is 3.23. The number of ether oxygens (including phenoxy) is 2. The minimum atomic E-state index is -1.01. The molecule has 8 nitrogen and oxygen atoms in total. The Labute approximate surface area is 188 Å². The summed E-state index contributed by atoms with van der Waals surface area (Å²) in [7, 11) is 2.98. The average molecular weight is 445 g/mol. The molecule has 0 fully saturated rings. The van der Waals surface area contributed by atoms with Gasteiger partial charge in [0.2, 0.25) is 5.78 Å². The lowest BCUT2D eigenvalue weighted by atomic mass is 9.99. The second-order valence-electron chi connectivity index (χ2n) is 7.37. The first-order valence-corrected chi connectivity index (χ1v) is 10.1. The average Bonchev–Trinajstić information content (AvgIpc) is 3.57. The number of hydrogen-bond donors (Lipinski definition) is 1. The molecule has 1 aliphatic heterocycles. The van der Waals surface area contributed by atoms with Crippen LogP contribution in [0, 0.1) is 0 Å². The van der Waals surface area contributed by atoms with E-state index in [9.17, 15) is 14.7 Å². The number of Topliss-reactive ketones (excluding diaryl/α,β-unsaturated/α-hetero) is 1. The predicted octanol–water partition coefficient (Wildman–Crippen LogP) is 4.83. The smallest absolute Gasteiger partial charge is 0.294 e. The standard InChI is InChI=1S/C25H19NO7/c1-30-17-10-9-15(13-19(17)31-2)26-22(18-8-5-11-32-18)21(24(28)25(26)29)23(27)20-12-14-6-3-4-7-16(14)33-20/h3-13,22,28H,1-2H3. The molecule has 0 aliphatic carbocycles. The monoisotopic (exact) mass is 445 g/mol. The van der Waals surface area contributed by atoms with Crippen molar-refractivity contribution < 1.29 is 33.0 Å². The number of hydrogen-bond acceptors (Lipinski definition) is 7. The zero-order valence-electron chi connectivity index (χ0n) is 17.8. The van der Waals surface area contributed by atoms with Gasteiger partial charge < -0.3 is 23.4 Å². The largest absolute Gasteiger partial charge is 0.503 e. The number of methoxy groups -OCH3 is 2. The molecule has 166 valence electrons. The Morgan fingerprint density at radius 3 is 2.48 bits per heavy atom. The molecule has 0 saturated heterocycles. The number of rotatable bonds is 6. The molecule has 4 aromatic rings. The molecule has 33 heavy (non-hydrogen) atoms. The highest BCUT2D eigenvalue weighted by Crippen LogP contribution is 2.44. The van der Waals surface area contributed by atoms with Gasteiger partial charge in [0.15, 0.2) is 23.0 Å². The number of aliphatic hydroxyl groups is 1. The van der Waals surface area contributed by atoms with Crippen molar-refractivity contribution in [2.24, 2.45) is 0 Å². The molecule has 1 amide bonds. The number of carbonyl (C=O) groups is 2. The Bertz CT molecular complexity index is 1360. The van der Waals surface area contributed by atoms with E-state index in [-0.39, 0.29) is 11.3 Å². The lowest BCUT2D eigenvalue weighted by Crippen LogP contribution is -2.30. The van der Waals surface area contributed by atoms with Crippen molar-refractivity contribution in [3.05, 3.63) is 89.8 Å². The number of nitrogens with zero attached hydrogens (tertiary/aromatic N) is 1. The first kappa shape index (κ1) is 20.4. The molecule has 0 saturated carbocycles. The van der Waals surface area contributed by atoms with Gasteiger partial charge in [-0.3, -0.25) is 14.5 Å². The third-order valence-corrected chi connectivity index (χ3v) is 5.56. The fraction of sp³-hybridized carbons (Fsp3) is 0.120. The number of benzene rings is 2. The van der Waals surface area contributed by atoms with Crippen molar-refractivity contribution in [3.63, 3.8) is 0 Å². The van der Waals surface area contributed by atoms with Gasteiger partial charge in [0.05, 0.1) is 26.1 Å². The molecule has 1 aliphatic rings. The number of fused-ring (bicyclic) bond motifs is 1. The maximum atomic E-state index is 13.5. The summed E-state index contributed by atoms with van der Waals surface area (Å²) >= 11 is 0. The van der Waals surface area contributed by atoms with Crippen LogP contribution >= 0.6 is 0 Å². The summed E-state index contributed by atoms with van der Waals surface area (Å²) in [5.41, 5.74) is 0.776. The summed E-state index contributed by atoms with van der Waals surface area (Å²) in [5, 5.41) is 11.6. The number of anilines is 1. The molecule has 2 aromatic carbocycles. The lowest BCUT2D eigenvalue weighted by Gasteiger charge is -2.25. The second kappa shape index (κ2) is 7.90. The van der Waals surface area contributed by atoms with E-state index in [0.717, 1.165) is 5.39 Å². The molecule has 5 rings (SSSR count). The highest BCUT2D eigenvalue weighted by Gasteiger charge is 2.47. The van der Waals surface area contributed by atoms with Gasteiger partial charge >= 0.3 is 0 Å². The second-order valence-corrected chi connectivity index (χ2v) is 7.37. The quantitative estimate of drug-likeness (QED) is 0.424. The zero-order valence-corrected chi connectivity index (χ0v) is 17.8. The van der Waals surface area contributed by atoms with Gasteiger partial charge in [-0.2, -0.15) is 0 Å². The van der Waals surface area contributed by atoms with Crippen LogP contribution in [-0.4, -0.2) is 31.0 Å². The summed E-state index contributed by atoms with van der Waals surface area (Å²) in [6, 6.07) is 15.9. The maximum Gasteiger partial charge on any atom is 0.294 e. The molecule has 8 heteroatoms. The zero-order chi connectivity index (χ0) is 23.1. The van der Waals surface area contributed by atoms with Crippen molar-refractivity contribution in [1.29, 1.82) is 0 Å². The Balaban J connectivity index is 1.63. The lowest BCUT2D eigenvalue weighted by molar-refractivity contribution is -0.117. The Kier molecular flexibility index (Phi) is 4.90. The summed E-state index contributed by atoms with van der Waals surface area (Å²) in [6.07, 6.45) is 1.44. The van der Waals surface area contributed by atoms with Crippen molar-refractivity contribution in [3.8, 4) is 11.5 Å². The molecule has 3 heterocycles. The van der Waals surface area contributed by atoms with Crippen LogP contribution in [0.5, 0.6) is 11.5 Å². The van der Waals surface area contributed by atoms with E-state index in [0.29, 0.717) is 28.5 Å². The van der Waals surface area contributed by atoms with Crippen LogP contribution in [-0.2, 0) is 4.79 Å². The summed E-state index contributed by atoms with van der Waals surface area (Å²) in [5.74, 6) is -0.852. The van der Waals surface area contributed by atoms with E-state index in [1.54, 1.807) is 48.5 Å². The third-order valence-electron chi connectivity index (χ3n) is 5.56. The van der Waals surface area contributed by atoms with Gasteiger partial charge in [-0.1, -0.05) is 18.2 Å². The highest BCUT2D eigenvalue weighted by molar-refractivity contribution is 6.20. The van der Waals surface area contributed by atoms with Crippen molar-refractivity contribution in [1.82, 2.24) is 0 Å². The van der Waals surface area contributed by atoms with Crippen LogP contribution in [0.15, 0.2) is 87.1 Å². The fourth-order valence-corrected chi connectivity index (χ4v) is 4.02. The molecule has 1 atom stereocenters. The van der Waals surface area contributed by atoms with Crippen LogP contribution in [0.25, 0.3) is 11.0 Å². The van der Waals surface area contributed by atoms with Crippen LogP contribution in [0.3, 0.4) is 0 Å². The minimum absolute atomic E-state index is 0.0104. The van der Waals surface area contributed by atoms with Crippen LogP contribution in [0.4, 0.5) is 5.69 Å². The van der Waals surface area contributed by atoms with Gasteiger partial charge in [-0.25, -0.2) is 0 Å². The summed E-state index contributed by atoms with van der Waals surface area (Å²) < 4.78 is 21.9. The SMILES string of the molecule is COc1ccc(N2C(=O)C(O)=C(C(=O)c3cc4ccccc4o3)C2c2ccco2)cc1OC. The molecule has 0 radical (unpaired) electrons. The summed E-state index contributed by atoms with van der Waals surface area (Å²) in [6.45, 7) is 0.